The lowest BCUT2D eigenvalue weighted by atomic mass is 10.0. The Morgan fingerprint density at radius 3 is 2.53 bits per heavy atom. The van der Waals surface area contributed by atoms with Gasteiger partial charge in [-0.2, -0.15) is 0 Å². The molecule has 0 amide bonds. The highest BCUT2D eigenvalue weighted by atomic mass is 35.5. The van der Waals surface area contributed by atoms with Crippen LogP contribution in [0.5, 0.6) is 0 Å². The van der Waals surface area contributed by atoms with Crippen molar-refractivity contribution in [3.05, 3.63) is 34.9 Å². The molecule has 3 N–H and O–H groups in total. The molecular weight excluding hydrogens is 242 g/mol. The molecule has 5 heteroatoms. The van der Waals surface area contributed by atoms with E-state index in [2.05, 4.69) is 5.32 Å². The van der Waals surface area contributed by atoms with E-state index < -0.39 is 12.1 Å². The Morgan fingerprint density at radius 1 is 1.41 bits per heavy atom. The molecule has 2 unspecified atom stereocenters. The van der Waals surface area contributed by atoms with Crippen LogP contribution >= 0.6 is 11.6 Å². The third-order valence-electron chi connectivity index (χ3n) is 2.49. The highest BCUT2D eigenvalue weighted by Crippen LogP contribution is 2.19. The van der Waals surface area contributed by atoms with Gasteiger partial charge in [-0.15, -0.1) is 0 Å². The summed E-state index contributed by atoms with van der Waals surface area (Å²) in [4.78, 5) is 10.3. The average molecular weight is 258 g/mol. The van der Waals surface area contributed by atoms with E-state index in [9.17, 15) is 9.90 Å². The van der Waals surface area contributed by atoms with Crippen LogP contribution in [0.15, 0.2) is 24.3 Å². The maximum Gasteiger partial charge on any atom is 0.304 e. The summed E-state index contributed by atoms with van der Waals surface area (Å²) in [7, 11) is 0. The topological polar surface area (TPSA) is 69.6 Å². The molecule has 0 aromatic heterocycles. The lowest BCUT2D eigenvalue weighted by Crippen LogP contribution is -2.33. The van der Waals surface area contributed by atoms with Crippen LogP contribution in [0.2, 0.25) is 5.02 Å². The number of nitrogens with one attached hydrogen (secondary N) is 1. The zero-order valence-electron chi connectivity index (χ0n) is 9.56. The van der Waals surface area contributed by atoms with Gasteiger partial charge in [-0.25, -0.2) is 0 Å². The number of aliphatic carboxylic acids is 1. The molecule has 0 aliphatic rings. The molecule has 1 rings (SSSR count). The number of carbonyl (C=O) groups is 1. The van der Waals surface area contributed by atoms with Crippen molar-refractivity contribution in [2.75, 3.05) is 6.54 Å². The Hall–Kier alpha value is -1.10. The molecule has 0 fully saturated rings. The fourth-order valence-electron chi connectivity index (χ4n) is 1.47. The van der Waals surface area contributed by atoms with Gasteiger partial charge in [0, 0.05) is 17.6 Å². The zero-order valence-corrected chi connectivity index (χ0v) is 10.3. The third-order valence-corrected chi connectivity index (χ3v) is 2.74. The van der Waals surface area contributed by atoms with Gasteiger partial charge in [0.25, 0.3) is 0 Å². The number of carboxylic acid groups (broad SMARTS) is 1. The number of aliphatic hydroxyl groups excluding tert-OH is 1. The van der Waals surface area contributed by atoms with Gasteiger partial charge < -0.3 is 15.5 Å². The predicted molar refractivity (Wildman–Crippen MR) is 66.1 cm³/mol. The Bertz CT molecular complexity index is 367. The quantitative estimate of drug-likeness (QED) is 0.727. The summed E-state index contributed by atoms with van der Waals surface area (Å²) in [6, 6.07) is 6.72. The van der Waals surface area contributed by atoms with Gasteiger partial charge in [0.15, 0.2) is 0 Å². The smallest absolute Gasteiger partial charge is 0.304 e. The minimum atomic E-state index is -0.856. The Kier molecular flexibility index (Phi) is 5.41. The van der Waals surface area contributed by atoms with E-state index in [0.29, 0.717) is 11.6 Å². The molecule has 1 aromatic carbocycles. The summed E-state index contributed by atoms with van der Waals surface area (Å²) in [5.41, 5.74) is 0.754. The molecule has 4 nitrogen and oxygen atoms in total. The van der Waals surface area contributed by atoms with Gasteiger partial charge in [0.05, 0.1) is 12.5 Å². The summed E-state index contributed by atoms with van der Waals surface area (Å²) < 4.78 is 0. The minimum absolute atomic E-state index is 0.0394. The number of halogens is 1. The van der Waals surface area contributed by atoms with Gasteiger partial charge >= 0.3 is 5.97 Å². The third kappa shape index (κ3) is 4.73. The van der Waals surface area contributed by atoms with Crippen molar-refractivity contribution < 1.29 is 15.0 Å². The largest absolute Gasteiger partial charge is 0.481 e. The van der Waals surface area contributed by atoms with Gasteiger partial charge in [-0.3, -0.25) is 4.79 Å². The molecule has 0 saturated heterocycles. The lowest BCUT2D eigenvalue weighted by Gasteiger charge is -2.20. The molecule has 1 aromatic rings. The number of hydrogen-bond acceptors (Lipinski definition) is 3. The van der Waals surface area contributed by atoms with Crippen molar-refractivity contribution >= 4 is 17.6 Å². The molecule has 0 aliphatic heterocycles. The number of aliphatic hydroxyl groups is 1. The highest BCUT2D eigenvalue weighted by molar-refractivity contribution is 6.30. The van der Waals surface area contributed by atoms with Crippen LogP contribution in [0.1, 0.15) is 25.0 Å². The fourth-order valence-corrected chi connectivity index (χ4v) is 1.59. The van der Waals surface area contributed by atoms with Gasteiger partial charge in [0.2, 0.25) is 0 Å². The Labute approximate surface area is 105 Å². The first kappa shape index (κ1) is 14.0. The number of carboxylic acids is 1. The van der Waals surface area contributed by atoms with E-state index in [0.717, 1.165) is 5.56 Å². The normalized spacial score (nSPS) is 14.3. The molecule has 0 radical (unpaired) electrons. The van der Waals surface area contributed by atoms with Crippen LogP contribution in [0.3, 0.4) is 0 Å². The maximum atomic E-state index is 10.3. The number of rotatable bonds is 6. The van der Waals surface area contributed by atoms with Crippen molar-refractivity contribution in [2.45, 2.75) is 25.5 Å². The lowest BCUT2D eigenvalue weighted by molar-refractivity contribution is -0.136. The first-order valence-electron chi connectivity index (χ1n) is 5.39. The number of hydrogen-bond donors (Lipinski definition) is 3. The second-order valence-corrected chi connectivity index (χ2v) is 4.32. The Balaban J connectivity index is 2.48. The second-order valence-electron chi connectivity index (χ2n) is 3.88. The summed E-state index contributed by atoms with van der Waals surface area (Å²) in [6.07, 6.45) is -0.640. The Morgan fingerprint density at radius 2 is 2.00 bits per heavy atom. The van der Waals surface area contributed by atoms with Crippen molar-refractivity contribution in [1.82, 2.24) is 5.32 Å². The SMILES string of the molecule is CC(NCCC(=O)O)C(O)c1ccc(Cl)cc1. The van der Waals surface area contributed by atoms with E-state index in [-0.39, 0.29) is 12.5 Å². The van der Waals surface area contributed by atoms with E-state index in [4.69, 9.17) is 16.7 Å². The predicted octanol–water partition coefficient (Wildman–Crippen LogP) is 1.83. The molecular formula is C12H16ClNO3. The van der Waals surface area contributed by atoms with Crippen LogP contribution in [-0.4, -0.2) is 28.8 Å². The molecule has 0 aliphatic carbocycles. The van der Waals surface area contributed by atoms with E-state index in [1.165, 1.54) is 0 Å². The van der Waals surface area contributed by atoms with Crippen molar-refractivity contribution in [1.29, 1.82) is 0 Å². The standard InChI is InChI=1S/C12H16ClNO3/c1-8(14-7-6-11(15)16)12(17)9-2-4-10(13)5-3-9/h2-5,8,12,14,17H,6-7H2,1H3,(H,15,16). The summed E-state index contributed by atoms with van der Waals surface area (Å²) in [6.45, 7) is 2.14. The van der Waals surface area contributed by atoms with Crippen LogP contribution in [0, 0.1) is 0 Å². The van der Waals surface area contributed by atoms with Crippen LogP contribution < -0.4 is 5.32 Å². The first-order valence-corrected chi connectivity index (χ1v) is 5.77. The van der Waals surface area contributed by atoms with Gasteiger partial charge in [-0.1, -0.05) is 23.7 Å². The van der Waals surface area contributed by atoms with Crippen LogP contribution in [0.25, 0.3) is 0 Å². The van der Waals surface area contributed by atoms with E-state index in [1.54, 1.807) is 31.2 Å². The molecule has 17 heavy (non-hydrogen) atoms. The minimum Gasteiger partial charge on any atom is -0.481 e. The molecule has 94 valence electrons. The van der Waals surface area contributed by atoms with Gasteiger partial charge in [0.1, 0.15) is 0 Å². The van der Waals surface area contributed by atoms with Gasteiger partial charge in [-0.05, 0) is 24.6 Å². The van der Waals surface area contributed by atoms with Crippen molar-refractivity contribution in [3.63, 3.8) is 0 Å². The summed E-state index contributed by atoms with van der Waals surface area (Å²) in [5, 5.41) is 22.1. The molecule has 2 atom stereocenters. The summed E-state index contributed by atoms with van der Waals surface area (Å²) >= 11 is 5.75. The zero-order chi connectivity index (χ0) is 12.8. The van der Waals surface area contributed by atoms with E-state index >= 15 is 0 Å². The monoisotopic (exact) mass is 257 g/mol. The van der Waals surface area contributed by atoms with Crippen LogP contribution in [-0.2, 0) is 4.79 Å². The average Bonchev–Trinajstić information content (AvgIpc) is 2.28. The molecule has 0 saturated carbocycles. The molecule has 0 bridgehead atoms. The van der Waals surface area contributed by atoms with Crippen molar-refractivity contribution in [2.24, 2.45) is 0 Å². The second kappa shape index (κ2) is 6.59. The maximum absolute atomic E-state index is 10.3. The highest BCUT2D eigenvalue weighted by Gasteiger charge is 2.15. The van der Waals surface area contributed by atoms with E-state index in [1.807, 2.05) is 0 Å². The number of benzene rings is 1. The molecule has 0 spiro atoms. The fraction of sp³-hybridized carbons (Fsp3) is 0.417. The summed E-state index contributed by atoms with van der Waals surface area (Å²) in [5.74, 6) is -0.856. The first-order chi connectivity index (χ1) is 8.00. The van der Waals surface area contributed by atoms with Crippen LogP contribution in [0.4, 0.5) is 0 Å². The molecule has 0 heterocycles. The van der Waals surface area contributed by atoms with Crippen molar-refractivity contribution in [3.8, 4) is 0 Å².